The van der Waals surface area contributed by atoms with Crippen molar-refractivity contribution in [1.29, 1.82) is 0 Å². The Kier molecular flexibility index (Phi) is 3.77. The molecule has 1 fully saturated rings. The zero-order valence-electron chi connectivity index (χ0n) is 9.21. The normalized spacial score (nSPS) is 23.4. The van der Waals surface area contributed by atoms with Gasteiger partial charge in [0.2, 0.25) is 10.0 Å². The lowest BCUT2D eigenvalue weighted by Crippen LogP contribution is -2.50. The number of terminal acetylenes is 1. The van der Waals surface area contributed by atoms with Gasteiger partial charge in [0.1, 0.15) is 0 Å². The number of nitrogens with one attached hydrogen (secondary N) is 2. The summed E-state index contributed by atoms with van der Waals surface area (Å²) >= 11 is 0. The van der Waals surface area contributed by atoms with Crippen LogP contribution in [0.3, 0.4) is 0 Å². The molecule has 1 rings (SSSR count). The Hall–Kier alpha value is -0.570. The zero-order valence-corrected chi connectivity index (χ0v) is 10.0. The van der Waals surface area contributed by atoms with E-state index in [9.17, 15) is 8.42 Å². The van der Waals surface area contributed by atoms with Gasteiger partial charge in [0.05, 0.1) is 10.8 Å². The molecule has 1 aliphatic heterocycles. The second-order valence-electron chi connectivity index (χ2n) is 4.38. The van der Waals surface area contributed by atoms with Crippen LogP contribution in [0.2, 0.25) is 0 Å². The van der Waals surface area contributed by atoms with Crippen LogP contribution in [-0.4, -0.2) is 32.3 Å². The molecule has 0 spiro atoms. The summed E-state index contributed by atoms with van der Waals surface area (Å²) in [4.78, 5) is 0. The third kappa shape index (κ3) is 3.49. The van der Waals surface area contributed by atoms with Gasteiger partial charge in [-0.15, -0.1) is 6.42 Å². The van der Waals surface area contributed by atoms with Crippen LogP contribution in [0.15, 0.2) is 0 Å². The molecule has 0 aliphatic carbocycles. The van der Waals surface area contributed by atoms with E-state index in [1.165, 1.54) is 0 Å². The Labute approximate surface area is 91.9 Å². The average Bonchev–Trinajstić information content (AvgIpc) is 2.18. The summed E-state index contributed by atoms with van der Waals surface area (Å²) in [6, 6.07) is 0. The fraction of sp³-hybridized carbons (Fsp3) is 0.800. The highest BCUT2D eigenvalue weighted by atomic mass is 32.2. The van der Waals surface area contributed by atoms with Gasteiger partial charge in [0.15, 0.2) is 0 Å². The van der Waals surface area contributed by atoms with E-state index >= 15 is 0 Å². The van der Waals surface area contributed by atoms with Crippen LogP contribution in [-0.2, 0) is 10.0 Å². The molecule has 1 unspecified atom stereocenters. The fourth-order valence-corrected chi connectivity index (χ4v) is 3.30. The lowest BCUT2D eigenvalue weighted by atomic mass is 10.1. The van der Waals surface area contributed by atoms with Gasteiger partial charge < -0.3 is 5.32 Å². The van der Waals surface area contributed by atoms with Gasteiger partial charge in [-0.1, -0.05) is 5.92 Å². The Bertz CT molecular complexity index is 348. The number of sulfonamides is 1. The number of rotatable bonds is 3. The second-order valence-corrected chi connectivity index (χ2v) is 6.35. The van der Waals surface area contributed by atoms with Gasteiger partial charge in [-0.2, -0.15) is 4.72 Å². The second kappa shape index (κ2) is 4.52. The summed E-state index contributed by atoms with van der Waals surface area (Å²) in [7, 11) is -3.31. The van der Waals surface area contributed by atoms with Crippen LogP contribution in [0.25, 0.3) is 0 Å². The summed E-state index contributed by atoms with van der Waals surface area (Å²) < 4.78 is 26.4. The SMILES string of the molecule is C#CC(C)(C)NS(=O)(=O)C1CCCNC1. The Morgan fingerprint density at radius 1 is 1.53 bits per heavy atom. The molecule has 1 heterocycles. The molecule has 1 atom stereocenters. The topological polar surface area (TPSA) is 58.2 Å². The number of piperidine rings is 1. The van der Waals surface area contributed by atoms with Crippen LogP contribution in [0.5, 0.6) is 0 Å². The molecule has 0 aromatic heterocycles. The summed E-state index contributed by atoms with van der Waals surface area (Å²) in [6.45, 7) is 4.77. The van der Waals surface area contributed by atoms with Crippen LogP contribution in [0.1, 0.15) is 26.7 Å². The van der Waals surface area contributed by atoms with E-state index in [1.807, 2.05) is 0 Å². The van der Waals surface area contributed by atoms with Gasteiger partial charge in [0, 0.05) is 6.54 Å². The lowest BCUT2D eigenvalue weighted by Gasteiger charge is -2.27. The molecular weight excluding hydrogens is 212 g/mol. The van der Waals surface area contributed by atoms with Crippen LogP contribution >= 0.6 is 0 Å². The highest BCUT2D eigenvalue weighted by Crippen LogP contribution is 2.13. The molecule has 2 N–H and O–H groups in total. The molecule has 1 aliphatic rings. The first-order chi connectivity index (χ1) is 6.87. The standard InChI is InChI=1S/C10H18N2O2S/c1-4-10(2,3)12-15(13,14)9-6-5-7-11-8-9/h1,9,11-12H,5-8H2,2-3H3. The molecule has 5 heteroatoms. The Balaban J connectivity index is 2.71. The Morgan fingerprint density at radius 3 is 2.67 bits per heavy atom. The van der Waals surface area contributed by atoms with E-state index in [0.717, 1.165) is 13.0 Å². The highest BCUT2D eigenvalue weighted by molar-refractivity contribution is 7.90. The van der Waals surface area contributed by atoms with Crippen molar-refractivity contribution in [3.8, 4) is 12.3 Å². The van der Waals surface area contributed by atoms with E-state index in [-0.39, 0.29) is 5.25 Å². The molecule has 0 aromatic carbocycles. The van der Waals surface area contributed by atoms with Gasteiger partial charge in [-0.25, -0.2) is 8.42 Å². The minimum atomic E-state index is -3.31. The summed E-state index contributed by atoms with van der Waals surface area (Å²) in [5, 5.41) is 2.71. The summed E-state index contributed by atoms with van der Waals surface area (Å²) in [5.41, 5.74) is -0.809. The summed E-state index contributed by atoms with van der Waals surface area (Å²) in [5.74, 6) is 2.43. The molecule has 1 saturated heterocycles. The molecule has 0 amide bonds. The van der Waals surface area contributed by atoms with Crippen molar-refractivity contribution in [3.05, 3.63) is 0 Å². The molecule has 4 nitrogen and oxygen atoms in total. The first-order valence-electron chi connectivity index (χ1n) is 5.09. The Morgan fingerprint density at radius 2 is 2.20 bits per heavy atom. The van der Waals surface area contributed by atoms with E-state index in [0.29, 0.717) is 13.0 Å². The maximum atomic E-state index is 11.9. The van der Waals surface area contributed by atoms with Crippen molar-refractivity contribution in [2.75, 3.05) is 13.1 Å². The molecule has 0 radical (unpaired) electrons. The summed E-state index contributed by atoms with van der Waals surface area (Å²) in [6.07, 6.45) is 6.84. The van der Waals surface area contributed by atoms with Gasteiger partial charge in [0.25, 0.3) is 0 Å². The van der Waals surface area contributed by atoms with Gasteiger partial charge in [-0.05, 0) is 33.2 Å². The largest absolute Gasteiger partial charge is 0.315 e. The van der Waals surface area contributed by atoms with Gasteiger partial charge in [-0.3, -0.25) is 0 Å². The van der Waals surface area contributed by atoms with Crippen molar-refractivity contribution >= 4 is 10.0 Å². The van der Waals surface area contributed by atoms with E-state index in [2.05, 4.69) is 16.0 Å². The monoisotopic (exact) mass is 230 g/mol. The first kappa shape index (κ1) is 12.5. The zero-order chi connectivity index (χ0) is 11.5. The molecule has 0 bridgehead atoms. The number of hydrogen-bond acceptors (Lipinski definition) is 3. The maximum absolute atomic E-state index is 11.9. The lowest BCUT2D eigenvalue weighted by molar-refractivity contribution is 0.476. The first-order valence-corrected chi connectivity index (χ1v) is 6.63. The minimum absolute atomic E-state index is 0.362. The molecule has 15 heavy (non-hydrogen) atoms. The average molecular weight is 230 g/mol. The van der Waals surface area contributed by atoms with Crippen molar-refractivity contribution in [1.82, 2.24) is 10.0 Å². The molecule has 86 valence electrons. The molecule has 0 aromatic rings. The van der Waals surface area contributed by atoms with Crippen molar-refractivity contribution in [3.63, 3.8) is 0 Å². The van der Waals surface area contributed by atoms with Crippen molar-refractivity contribution < 1.29 is 8.42 Å². The van der Waals surface area contributed by atoms with Crippen molar-refractivity contribution in [2.45, 2.75) is 37.5 Å². The minimum Gasteiger partial charge on any atom is -0.315 e. The van der Waals surface area contributed by atoms with E-state index in [4.69, 9.17) is 6.42 Å². The number of hydrogen-bond donors (Lipinski definition) is 2. The van der Waals surface area contributed by atoms with Crippen LogP contribution in [0.4, 0.5) is 0 Å². The predicted octanol–water partition coefficient (Wildman–Crippen LogP) is 0.0696. The van der Waals surface area contributed by atoms with Gasteiger partial charge >= 0.3 is 0 Å². The smallest absolute Gasteiger partial charge is 0.217 e. The van der Waals surface area contributed by atoms with Crippen molar-refractivity contribution in [2.24, 2.45) is 0 Å². The van der Waals surface area contributed by atoms with E-state index in [1.54, 1.807) is 13.8 Å². The third-order valence-electron chi connectivity index (χ3n) is 2.45. The highest BCUT2D eigenvalue weighted by Gasteiger charge is 2.31. The third-order valence-corrected chi connectivity index (χ3v) is 4.52. The van der Waals surface area contributed by atoms with Crippen LogP contribution in [0, 0.1) is 12.3 Å². The fourth-order valence-electron chi connectivity index (χ4n) is 1.55. The molecule has 0 saturated carbocycles. The van der Waals surface area contributed by atoms with E-state index < -0.39 is 15.6 Å². The predicted molar refractivity (Wildman–Crippen MR) is 60.9 cm³/mol. The molecular formula is C10H18N2O2S. The van der Waals surface area contributed by atoms with Crippen LogP contribution < -0.4 is 10.0 Å². The maximum Gasteiger partial charge on any atom is 0.217 e. The quantitative estimate of drug-likeness (QED) is 0.675.